The van der Waals surface area contributed by atoms with E-state index in [0.717, 1.165) is 18.4 Å². The Hall–Kier alpha value is -1.31. The molecule has 0 unspecified atom stereocenters. The second-order valence-corrected chi connectivity index (χ2v) is 3.00. The monoisotopic (exact) mass is 208 g/mol. The van der Waals surface area contributed by atoms with E-state index in [4.69, 9.17) is 5.11 Å². The summed E-state index contributed by atoms with van der Waals surface area (Å²) in [6.07, 6.45) is 1.85. The van der Waals surface area contributed by atoms with Crippen LogP contribution in [0.4, 0.5) is 0 Å². The van der Waals surface area contributed by atoms with E-state index >= 15 is 0 Å². The van der Waals surface area contributed by atoms with Gasteiger partial charge in [0.05, 0.1) is 5.56 Å². The smallest absolute Gasteiger partial charge is 0.335 e. The number of hydrogen-bond acceptors (Lipinski definition) is 1. The fraction of sp³-hybridized carbons (Fsp3) is 0.462. The van der Waals surface area contributed by atoms with Gasteiger partial charge < -0.3 is 5.11 Å². The second kappa shape index (κ2) is 7.04. The molecule has 0 atom stereocenters. The average molecular weight is 208 g/mol. The second-order valence-electron chi connectivity index (χ2n) is 3.00. The van der Waals surface area contributed by atoms with E-state index in [9.17, 15) is 4.79 Å². The molecule has 0 bridgehead atoms. The van der Waals surface area contributed by atoms with Crippen LogP contribution >= 0.6 is 0 Å². The lowest BCUT2D eigenvalue weighted by atomic mass is 10.0. The Bertz CT molecular complexity index is 316. The van der Waals surface area contributed by atoms with Crippen molar-refractivity contribution in [3.8, 4) is 0 Å². The summed E-state index contributed by atoms with van der Waals surface area (Å²) in [4.78, 5) is 10.7. The SMILES string of the molecule is CC.CCc1ccc(C(=O)O)cc1CC. The van der Waals surface area contributed by atoms with Gasteiger partial charge in [-0.05, 0) is 36.1 Å². The Balaban J connectivity index is 0.000000921. The lowest BCUT2D eigenvalue weighted by Gasteiger charge is -2.05. The molecule has 0 heterocycles. The summed E-state index contributed by atoms with van der Waals surface area (Å²) in [6, 6.07) is 5.34. The predicted octanol–water partition coefficient (Wildman–Crippen LogP) is 3.54. The van der Waals surface area contributed by atoms with Crippen molar-refractivity contribution in [2.24, 2.45) is 0 Å². The Labute approximate surface area is 91.9 Å². The maximum Gasteiger partial charge on any atom is 0.335 e. The quantitative estimate of drug-likeness (QED) is 0.825. The fourth-order valence-electron chi connectivity index (χ4n) is 1.43. The molecule has 1 N–H and O–H groups in total. The zero-order valence-electron chi connectivity index (χ0n) is 10.0. The minimum Gasteiger partial charge on any atom is -0.478 e. The van der Waals surface area contributed by atoms with E-state index in [-0.39, 0.29) is 0 Å². The molecule has 0 fully saturated rings. The Kier molecular flexibility index (Phi) is 6.43. The molecule has 1 rings (SSSR count). The van der Waals surface area contributed by atoms with Crippen LogP contribution in [0.5, 0.6) is 0 Å². The Morgan fingerprint density at radius 2 is 1.67 bits per heavy atom. The van der Waals surface area contributed by atoms with Crippen molar-refractivity contribution < 1.29 is 9.90 Å². The molecule has 0 spiro atoms. The van der Waals surface area contributed by atoms with Crippen LogP contribution in [0.2, 0.25) is 0 Å². The fourth-order valence-corrected chi connectivity index (χ4v) is 1.43. The maximum atomic E-state index is 10.7. The largest absolute Gasteiger partial charge is 0.478 e. The molecule has 84 valence electrons. The van der Waals surface area contributed by atoms with Crippen LogP contribution in [0.15, 0.2) is 18.2 Å². The highest BCUT2D eigenvalue weighted by atomic mass is 16.4. The molecule has 0 aliphatic heterocycles. The molecular formula is C13H20O2. The Morgan fingerprint density at radius 1 is 1.13 bits per heavy atom. The summed E-state index contributed by atoms with van der Waals surface area (Å²) in [5.41, 5.74) is 2.77. The van der Waals surface area contributed by atoms with Gasteiger partial charge in [-0.15, -0.1) is 0 Å². The zero-order valence-corrected chi connectivity index (χ0v) is 10.0. The van der Waals surface area contributed by atoms with Gasteiger partial charge in [0.15, 0.2) is 0 Å². The van der Waals surface area contributed by atoms with Gasteiger partial charge >= 0.3 is 5.97 Å². The number of benzene rings is 1. The number of hydrogen-bond donors (Lipinski definition) is 1. The first-order valence-corrected chi connectivity index (χ1v) is 5.54. The number of rotatable bonds is 3. The van der Waals surface area contributed by atoms with Crippen LogP contribution in [0.25, 0.3) is 0 Å². The summed E-state index contributed by atoms with van der Waals surface area (Å²) in [5.74, 6) is -0.850. The average Bonchev–Trinajstić information content (AvgIpc) is 2.30. The molecule has 0 aliphatic rings. The van der Waals surface area contributed by atoms with Crippen LogP contribution in [0, 0.1) is 0 Å². The first-order chi connectivity index (χ1) is 7.19. The first kappa shape index (κ1) is 13.7. The standard InChI is InChI=1S/C11H14O2.C2H6/c1-3-8-5-6-10(11(12)13)7-9(8)4-2;1-2/h5-7H,3-4H2,1-2H3,(H,12,13);1-2H3. The maximum absolute atomic E-state index is 10.7. The summed E-state index contributed by atoms with van der Waals surface area (Å²) < 4.78 is 0. The van der Waals surface area contributed by atoms with Gasteiger partial charge in [-0.2, -0.15) is 0 Å². The van der Waals surface area contributed by atoms with Crippen molar-refractivity contribution >= 4 is 5.97 Å². The summed E-state index contributed by atoms with van der Waals surface area (Å²) in [5, 5.41) is 8.77. The molecule has 1 aromatic rings. The van der Waals surface area contributed by atoms with Crippen molar-refractivity contribution in [2.45, 2.75) is 40.5 Å². The Morgan fingerprint density at radius 3 is 2.07 bits per heavy atom. The van der Waals surface area contributed by atoms with Gasteiger partial charge in [-0.3, -0.25) is 0 Å². The van der Waals surface area contributed by atoms with E-state index in [1.54, 1.807) is 12.1 Å². The molecule has 0 saturated carbocycles. The van der Waals surface area contributed by atoms with E-state index in [1.165, 1.54) is 5.56 Å². The lowest BCUT2D eigenvalue weighted by Crippen LogP contribution is -1.99. The van der Waals surface area contributed by atoms with Crippen LogP contribution in [-0.2, 0) is 12.8 Å². The van der Waals surface area contributed by atoms with Gasteiger partial charge in [0, 0.05) is 0 Å². The van der Waals surface area contributed by atoms with Gasteiger partial charge in [-0.25, -0.2) is 4.79 Å². The number of carboxylic acids is 1. The highest BCUT2D eigenvalue weighted by Crippen LogP contribution is 2.13. The molecule has 0 aromatic heterocycles. The van der Waals surface area contributed by atoms with Crippen LogP contribution in [0.3, 0.4) is 0 Å². The summed E-state index contributed by atoms with van der Waals surface area (Å²) in [6.45, 7) is 8.12. The third-order valence-electron chi connectivity index (χ3n) is 2.22. The van der Waals surface area contributed by atoms with E-state index in [0.29, 0.717) is 5.56 Å². The highest BCUT2D eigenvalue weighted by Gasteiger charge is 2.05. The molecule has 0 aliphatic carbocycles. The van der Waals surface area contributed by atoms with Crippen molar-refractivity contribution in [1.82, 2.24) is 0 Å². The van der Waals surface area contributed by atoms with E-state index < -0.39 is 5.97 Å². The molecule has 0 saturated heterocycles. The van der Waals surface area contributed by atoms with Crippen LogP contribution in [0.1, 0.15) is 49.2 Å². The van der Waals surface area contributed by atoms with E-state index in [2.05, 4.69) is 6.92 Å². The first-order valence-electron chi connectivity index (χ1n) is 5.54. The van der Waals surface area contributed by atoms with Gasteiger partial charge in [0.25, 0.3) is 0 Å². The predicted molar refractivity (Wildman–Crippen MR) is 63.5 cm³/mol. The number of aromatic carboxylic acids is 1. The van der Waals surface area contributed by atoms with Gasteiger partial charge in [0.1, 0.15) is 0 Å². The summed E-state index contributed by atoms with van der Waals surface area (Å²) >= 11 is 0. The number of carboxylic acid groups (broad SMARTS) is 1. The molecule has 0 radical (unpaired) electrons. The zero-order chi connectivity index (χ0) is 11.8. The normalized spacial score (nSPS) is 9.07. The molecule has 15 heavy (non-hydrogen) atoms. The lowest BCUT2D eigenvalue weighted by molar-refractivity contribution is 0.0697. The number of carbonyl (C=O) groups is 1. The summed E-state index contributed by atoms with van der Waals surface area (Å²) in [7, 11) is 0. The minimum absolute atomic E-state index is 0.383. The van der Waals surface area contributed by atoms with Gasteiger partial charge in [-0.1, -0.05) is 33.8 Å². The van der Waals surface area contributed by atoms with Crippen LogP contribution in [-0.4, -0.2) is 11.1 Å². The third-order valence-corrected chi connectivity index (χ3v) is 2.22. The third kappa shape index (κ3) is 3.74. The molecule has 0 amide bonds. The van der Waals surface area contributed by atoms with Crippen LogP contribution < -0.4 is 0 Å². The molecule has 1 aromatic carbocycles. The van der Waals surface area contributed by atoms with Gasteiger partial charge in [0.2, 0.25) is 0 Å². The van der Waals surface area contributed by atoms with Crippen molar-refractivity contribution in [3.05, 3.63) is 34.9 Å². The minimum atomic E-state index is -0.850. The van der Waals surface area contributed by atoms with E-state index in [1.807, 2.05) is 26.8 Å². The molecule has 2 nitrogen and oxygen atoms in total. The van der Waals surface area contributed by atoms with Crippen molar-refractivity contribution in [2.75, 3.05) is 0 Å². The molecular weight excluding hydrogens is 188 g/mol. The highest BCUT2D eigenvalue weighted by molar-refractivity contribution is 5.87. The van der Waals surface area contributed by atoms with Crippen molar-refractivity contribution in [3.63, 3.8) is 0 Å². The topological polar surface area (TPSA) is 37.3 Å². The number of aryl methyl sites for hydroxylation is 2. The molecule has 2 heteroatoms. The van der Waals surface area contributed by atoms with Crippen molar-refractivity contribution in [1.29, 1.82) is 0 Å².